The van der Waals surface area contributed by atoms with Crippen molar-refractivity contribution in [2.45, 2.75) is 12.5 Å². The van der Waals surface area contributed by atoms with Crippen LogP contribution >= 0.6 is 0 Å². The van der Waals surface area contributed by atoms with Crippen molar-refractivity contribution in [1.29, 1.82) is 0 Å². The van der Waals surface area contributed by atoms with Crippen LogP contribution in [0.25, 0.3) is 5.70 Å². The van der Waals surface area contributed by atoms with Gasteiger partial charge < -0.3 is 15.0 Å². The first kappa shape index (κ1) is 19.1. The Morgan fingerprint density at radius 1 is 1.10 bits per heavy atom. The fourth-order valence-electron chi connectivity index (χ4n) is 4.14. The van der Waals surface area contributed by atoms with E-state index in [0.29, 0.717) is 13.0 Å². The summed E-state index contributed by atoms with van der Waals surface area (Å²) in [5.41, 5.74) is 4.53. The minimum absolute atomic E-state index is 0.143. The van der Waals surface area contributed by atoms with Crippen LogP contribution in [0, 0.1) is 0 Å². The Balaban J connectivity index is 1.61. The average Bonchev–Trinajstić information content (AvgIpc) is 3.18. The van der Waals surface area contributed by atoms with Crippen molar-refractivity contribution >= 4 is 23.4 Å². The number of ether oxygens (including phenoxy) is 1. The summed E-state index contributed by atoms with van der Waals surface area (Å²) in [4.78, 5) is 24.3. The van der Waals surface area contributed by atoms with Crippen LogP contribution < -0.4 is 15.0 Å². The number of rotatable bonds is 5. The van der Waals surface area contributed by atoms with Gasteiger partial charge in [-0.15, -0.1) is 0 Å². The lowest BCUT2D eigenvalue weighted by molar-refractivity contribution is -0.119. The van der Waals surface area contributed by atoms with E-state index in [0.717, 1.165) is 39.6 Å². The first-order valence-electron chi connectivity index (χ1n) is 10.2. The van der Waals surface area contributed by atoms with Crippen LogP contribution in [0.15, 0.2) is 83.9 Å². The SMILES string of the molecule is COc1ccccc1C1=C2NCC(C(=O)Cc3ccncc3)N2c2ccccc2C=N1. The van der Waals surface area contributed by atoms with E-state index in [9.17, 15) is 4.79 Å². The lowest BCUT2D eigenvalue weighted by Crippen LogP contribution is -2.38. The molecule has 0 spiro atoms. The highest BCUT2D eigenvalue weighted by molar-refractivity contribution is 6.00. The van der Waals surface area contributed by atoms with E-state index in [4.69, 9.17) is 9.73 Å². The molecule has 3 aromatic rings. The Morgan fingerprint density at radius 3 is 2.71 bits per heavy atom. The molecule has 0 aliphatic carbocycles. The normalized spacial score (nSPS) is 16.9. The van der Waals surface area contributed by atoms with Gasteiger partial charge >= 0.3 is 0 Å². The topological polar surface area (TPSA) is 66.8 Å². The predicted molar refractivity (Wildman–Crippen MR) is 121 cm³/mol. The molecular weight excluding hydrogens is 388 g/mol. The molecule has 1 aromatic heterocycles. The van der Waals surface area contributed by atoms with Gasteiger partial charge in [0, 0.05) is 42.7 Å². The number of carbonyl (C=O) groups excluding carboxylic acids is 1. The zero-order valence-electron chi connectivity index (χ0n) is 17.2. The number of hydrogen-bond acceptors (Lipinski definition) is 6. The molecule has 1 saturated heterocycles. The minimum Gasteiger partial charge on any atom is -0.496 e. The summed E-state index contributed by atoms with van der Waals surface area (Å²) >= 11 is 0. The van der Waals surface area contributed by atoms with Crippen molar-refractivity contribution in [3.63, 3.8) is 0 Å². The summed E-state index contributed by atoms with van der Waals surface area (Å²) in [6.45, 7) is 0.516. The Hall–Kier alpha value is -3.93. The first-order valence-corrected chi connectivity index (χ1v) is 10.2. The van der Waals surface area contributed by atoms with Crippen molar-refractivity contribution in [1.82, 2.24) is 10.3 Å². The van der Waals surface area contributed by atoms with Crippen LogP contribution in [0.2, 0.25) is 0 Å². The average molecular weight is 410 g/mol. The molecule has 6 heteroatoms. The van der Waals surface area contributed by atoms with E-state index < -0.39 is 0 Å². The minimum atomic E-state index is -0.337. The molecular formula is C25H22N4O2. The van der Waals surface area contributed by atoms with E-state index in [1.165, 1.54) is 0 Å². The number of para-hydroxylation sites is 2. The quantitative estimate of drug-likeness (QED) is 0.698. The van der Waals surface area contributed by atoms with Gasteiger partial charge in [0.05, 0.1) is 12.8 Å². The molecule has 0 saturated carbocycles. The third-order valence-corrected chi connectivity index (χ3v) is 5.63. The monoisotopic (exact) mass is 410 g/mol. The summed E-state index contributed by atoms with van der Waals surface area (Å²) in [5, 5.41) is 3.46. The molecule has 6 nitrogen and oxygen atoms in total. The van der Waals surface area contributed by atoms with Gasteiger partial charge in [-0.3, -0.25) is 14.8 Å². The second-order valence-corrected chi connectivity index (χ2v) is 7.48. The number of hydrogen-bond donors (Lipinski definition) is 1. The van der Waals surface area contributed by atoms with Gasteiger partial charge in [-0.1, -0.05) is 30.3 Å². The summed E-state index contributed by atoms with van der Waals surface area (Å²) in [6, 6.07) is 19.3. The van der Waals surface area contributed by atoms with Crippen LogP contribution in [-0.4, -0.2) is 36.7 Å². The van der Waals surface area contributed by atoms with Crippen molar-refractivity contribution in [3.05, 3.63) is 95.6 Å². The Kier molecular flexibility index (Phi) is 4.96. The fourth-order valence-corrected chi connectivity index (χ4v) is 4.14. The number of nitrogens with zero attached hydrogens (tertiary/aromatic N) is 3. The van der Waals surface area contributed by atoms with E-state index in [2.05, 4.69) is 15.2 Å². The van der Waals surface area contributed by atoms with Crippen LogP contribution in [-0.2, 0) is 11.2 Å². The predicted octanol–water partition coefficient (Wildman–Crippen LogP) is 3.44. The van der Waals surface area contributed by atoms with Gasteiger partial charge in [-0.2, -0.15) is 0 Å². The molecule has 31 heavy (non-hydrogen) atoms. The van der Waals surface area contributed by atoms with Crippen LogP contribution in [0.4, 0.5) is 5.69 Å². The number of benzene rings is 2. The number of Topliss-reactive ketones (excluding diaryl/α,β-unsaturated/α-hetero) is 1. The fraction of sp³-hybridized carbons (Fsp3) is 0.160. The maximum absolute atomic E-state index is 13.4. The smallest absolute Gasteiger partial charge is 0.161 e. The Labute approximate surface area is 180 Å². The van der Waals surface area contributed by atoms with E-state index in [1.54, 1.807) is 19.5 Å². The molecule has 154 valence electrons. The highest BCUT2D eigenvalue weighted by Crippen LogP contribution is 2.38. The molecule has 2 aromatic carbocycles. The zero-order chi connectivity index (χ0) is 21.2. The highest BCUT2D eigenvalue weighted by Gasteiger charge is 2.38. The molecule has 1 N–H and O–H groups in total. The maximum atomic E-state index is 13.4. The molecule has 3 heterocycles. The summed E-state index contributed by atoms with van der Waals surface area (Å²) in [7, 11) is 1.65. The van der Waals surface area contributed by atoms with Gasteiger partial charge in [-0.05, 0) is 35.9 Å². The summed E-state index contributed by atoms with van der Waals surface area (Å²) in [5.74, 6) is 1.70. The Morgan fingerprint density at radius 2 is 1.87 bits per heavy atom. The molecule has 2 aliphatic rings. The van der Waals surface area contributed by atoms with Gasteiger partial charge in [0.15, 0.2) is 5.78 Å². The first-order chi connectivity index (χ1) is 15.3. The van der Waals surface area contributed by atoms with E-state index in [1.807, 2.05) is 66.9 Å². The zero-order valence-corrected chi connectivity index (χ0v) is 17.2. The lowest BCUT2D eigenvalue weighted by atomic mass is 10.0. The van der Waals surface area contributed by atoms with Crippen LogP contribution in [0.3, 0.4) is 0 Å². The molecule has 1 unspecified atom stereocenters. The number of methoxy groups -OCH3 is 1. The van der Waals surface area contributed by atoms with Gasteiger partial charge in [0.1, 0.15) is 23.3 Å². The van der Waals surface area contributed by atoms with Crippen molar-refractivity contribution in [2.24, 2.45) is 4.99 Å². The van der Waals surface area contributed by atoms with Gasteiger partial charge in [-0.25, -0.2) is 0 Å². The second kappa shape index (κ2) is 8.07. The van der Waals surface area contributed by atoms with Gasteiger partial charge in [0.25, 0.3) is 0 Å². The van der Waals surface area contributed by atoms with Crippen LogP contribution in [0.5, 0.6) is 5.75 Å². The number of aliphatic imine (C=N–C) groups is 1. The van der Waals surface area contributed by atoms with Crippen LogP contribution in [0.1, 0.15) is 16.7 Å². The Bertz CT molecular complexity index is 1190. The van der Waals surface area contributed by atoms with Crippen molar-refractivity contribution in [2.75, 3.05) is 18.6 Å². The highest BCUT2D eigenvalue weighted by atomic mass is 16.5. The second-order valence-electron chi connectivity index (χ2n) is 7.48. The number of ketones is 1. The third-order valence-electron chi connectivity index (χ3n) is 5.63. The van der Waals surface area contributed by atoms with Gasteiger partial charge in [0.2, 0.25) is 0 Å². The number of fused-ring (bicyclic) bond motifs is 3. The third kappa shape index (κ3) is 3.46. The molecule has 2 aliphatic heterocycles. The molecule has 1 fully saturated rings. The molecule has 1 atom stereocenters. The molecule has 0 radical (unpaired) electrons. The van der Waals surface area contributed by atoms with E-state index in [-0.39, 0.29) is 11.8 Å². The molecule has 0 amide bonds. The number of aromatic nitrogens is 1. The largest absolute Gasteiger partial charge is 0.496 e. The lowest BCUT2D eigenvalue weighted by Gasteiger charge is -2.27. The summed E-state index contributed by atoms with van der Waals surface area (Å²) < 4.78 is 5.59. The summed E-state index contributed by atoms with van der Waals surface area (Å²) in [6.07, 6.45) is 5.64. The van der Waals surface area contributed by atoms with Crippen molar-refractivity contribution in [3.8, 4) is 5.75 Å². The van der Waals surface area contributed by atoms with Crippen molar-refractivity contribution < 1.29 is 9.53 Å². The molecule has 5 rings (SSSR count). The standard InChI is InChI=1S/C25H22N4O2/c1-31-23-9-5-3-7-19(23)24-25-28-16-21(22(30)14-17-10-12-26-13-11-17)29(25)20-8-4-2-6-18(20)15-27-24/h2-13,15,21,28H,14,16H2,1H3. The number of carbonyl (C=O) groups is 1. The van der Waals surface area contributed by atoms with E-state index >= 15 is 0 Å². The maximum Gasteiger partial charge on any atom is 0.161 e. The number of anilines is 1. The number of nitrogens with one attached hydrogen (secondary N) is 1. The molecule has 0 bridgehead atoms. The number of pyridine rings is 1.